The number of methoxy groups -OCH3 is 1. The first-order valence-corrected chi connectivity index (χ1v) is 11.1. The highest BCUT2D eigenvalue weighted by Crippen LogP contribution is 2.30. The van der Waals surface area contributed by atoms with Crippen LogP contribution in [0.4, 0.5) is 17.5 Å². The Balaban J connectivity index is 1.33. The predicted octanol–water partition coefficient (Wildman–Crippen LogP) is 1.43. The van der Waals surface area contributed by atoms with E-state index in [2.05, 4.69) is 40.7 Å². The maximum Gasteiger partial charge on any atom is 0.376 e. The van der Waals surface area contributed by atoms with Gasteiger partial charge < -0.3 is 24.2 Å². The summed E-state index contributed by atoms with van der Waals surface area (Å²) in [6, 6.07) is 3.96. The van der Waals surface area contributed by atoms with Crippen LogP contribution in [0.25, 0.3) is 10.2 Å². The molecule has 3 aromatic heterocycles. The van der Waals surface area contributed by atoms with Crippen LogP contribution in [0.2, 0.25) is 0 Å². The zero-order chi connectivity index (χ0) is 21.2. The van der Waals surface area contributed by atoms with Crippen molar-refractivity contribution in [3.63, 3.8) is 0 Å². The Morgan fingerprint density at radius 3 is 2.39 bits per heavy atom. The molecule has 2 fully saturated rings. The van der Waals surface area contributed by atoms with Crippen LogP contribution in [-0.4, -0.2) is 85.5 Å². The fraction of sp³-hybridized carbons (Fsp3) is 0.450. The standard InChI is InChI=1S/C20H23N7O3S/c1-29-20(28)18-23-14-2-11-31-17(14)19(24-18)27-5-3-25(4-6-27)15-12-16(22-13-21-15)26-7-9-30-10-8-26/h2,11-13H,3-10H2,1H3. The van der Waals surface area contributed by atoms with Crippen LogP contribution in [0.3, 0.4) is 0 Å². The molecular weight excluding hydrogens is 418 g/mol. The number of anilines is 3. The molecule has 3 aromatic rings. The minimum Gasteiger partial charge on any atom is -0.463 e. The van der Waals surface area contributed by atoms with Gasteiger partial charge in [-0.25, -0.2) is 24.7 Å². The lowest BCUT2D eigenvalue weighted by Gasteiger charge is -2.36. The third-order valence-electron chi connectivity index (χ3n) is 5.53. The first-order valence-electron chi connectivity index (χ1n) is 10.2. The fourth-order valence-corrected chi connectivity index (χ4v) is 4.72. The third kappa shape index (κ3) is 3.98. The minimum absolute atomic E-state index is 0.0942. The molecule has 0 atom stereocenters. The number of hydrogen-bond acceptors (Lipinski definition) is 11. The molecular formula is C20H23N7O3S. The van der Waals surface area contributed by atoms with Gasteiger partial charge in [0.25, 0.3) is 0 Å². The van der Waals surface area contributed by atoms with E-state index >= 15 is 0 Å². The number of thiophene rings is 1. The second kappa shape index (κ2) is 8.60. The van der Waals surface area contributed by atoms with Crippen molar-refractivity contribution in [3.05, 3.63) is 29.7 Å². The summed E-state index contributed by atoms with van der Waals surface area (Å²) in [5, 5.41) is 1.97. The number of fused-ring (bicyclic) bond motifs is 1. The molecule has 2 saturated heterocycles. The molecule has 5 heterocycles. The zero-order valence-corrected chi connectivity index (χ0v) is 18.0. The second-order valence-corrected chi connectivity index (χ2v) is 8.22. The van der Waals surface area contributed by atoms with Gasteiger partial charge in [0, 0.05) is 45.3 Å². The molecule has 0 aliphatic carbocycles. The van der Waals surface area contributed by atoms with E-state index in [4.69, 9.17) is 9.47 Å². The summed E-state index contributed by atoms with van der Waals surface area (Å²) < 4.78 is 11.2. The average Bonchev–Trinajstić information content (AvgIpc) is 3.32. The van der Waals surface area contributed by atoms with Crippen molar-refractivity contribution in [2.45, 2.75) is 0 Å². The van der Waals surface area contributed by atoms with E-state index in [-0.39, 0.29) is 5.82 Å². The van der Waals surface area contributed by atoms with Gasteiger partial charge in [-0.1, -0.05) is 0 Å². The van der Waals surface area contributed by atoms with Gasteiger partial charge in [0.1, 0.15) is 18.0 Å². The van der Waals surface area contributed by atoms with Crippen molar-refractivity contribution >= 4 is 45.0 Å². The highest BCUT2D eigenvalue weighted by Gasteiger charge is 2.24. The van der Waals surface area contributed by atoms with E-state index in [0.29, 0.717) is 0 Å². The SMILES string of the molecule is COC(=O)c1nc(N2CCN(c3cc(N4CCOCC4)ncn3)CC2)c2sccc2n1. The number of nitrogens with zero attached hydrogens (tertiary/aromatic N) is 7. The molecule has 2 aliphatic rings. The summed E-state index contributed by atoms with van der Waals surface area (Å²) in [7, 11) is 1.34. The van der Waals surface area contributed by atoms with Crippen LogP contribution in [-0.2, 0) is 9.47 Å². The predicted molar refractivity (Wildman–Crippen MR) is 118 cm³/mol. The number of carbonyl (C=O) groups excluding carboxylic acids is 1. The molecule has 0 amide bonds. The molecule has 162 valence electrons. The lowest BCUT2D eigenvalue weighted by atomic mass is 10.3. The summed E-state index contributed by atoms with van der Waals surface area (Å²) in [5.41, 5.74) is 0.767. The summed E-state index contributed by atoms with van der Waals surface area (Å²) in [6.07, 6.45) is 1.63. The quantitative estimate of drug-likeness (QED) is 0.553. The molecule has 0 saturated carbocycles. The van der Waals surface area contributed by atoms with Crippen LogP contribution in [0, 0.1) is 0 Å². The maximum atomic E-state index is 12.0. The number of esters is 1. The molecule has 31 heavy (non-hydrogen) atoms. The molecule has 2 aliphatic heterocycles. The van der Waals surface area contributed by atoms with E-state index in [1.54, 1.807) is 17.7 Å². The van der Waals surface area contributed by atoms with Gasteiger partial charge in [0.05, 0.1) is 30.5 Å². The van der Waals surface area contributed by atoms with Gasteiger partial charge in [0.2, 0.25) is 5.82 Å². The minimum atomic E-state index is -0.524. The molecule has 0 N–H and O–H groups in total. The number of carbonyl (C=O) groups is 1. The van der Waals surface area contributed by atoms with Gasteiger partial charge in [-0.3, -0.25) is 0 Å². The van der Waals surface area contributed by atoms with Crippen molar-refractivity contribution in [3.8, 4) is 0 Å². The Hall–Kier alpha value is -3.05. The van der Waals surface area contributed by atoms with Gasteiger partial charge in [0.15, 0.2) is 5.82 Å². The fourth-order valence-electron chi connectivity index (χ4n) is 3.87. The second-order valence-electron chi connectivity index (χ2n) is 7.31. The molecule has 0 aromatic carbocycles. The molecule has 0 spiro atoms. The number of hydrogen-bond donors (Lipinski definition) is 0. The lowest BCUT2D eigenvalue weighted by Crippen LogP contribution is -2.47. The van der Waals surface area contributed by atoms with E-state index in [0.717, 1.165) is 80.2 Å². The third-order valence-corrected chi connectivity index (χ3v) is 6.43. The van der Waals surface area contributed by atoms with Crippen molar-refractivity contribution in [1.82, 2.24) is 19.9 Å². The molecule has 11 heteroatoms. The molecule has 10 nitrogen and oxygen atoms in total. The summed E-state index contributed by atoms with van der Waals surface area (Å²) in [5.74, 6) is 2.23. The maximum absolute atomic E-state index is 12.0. The smallest absolute Gasteiger partial charge is 0.376 e. The van der Waals surface area contributed by atoms with Crippen molar-refractivity contribution in [2.75, 3.05) is 74.3 Å². The topological polar surface area (TPSA) is 96.8 Å². The van der Waals surface area contributed by atoms with Crippen LogP contribution in [0.5, 0.6) is 0 Å². The Morgan fingerprint density at radius 2 is 1.68 bits per heavy atom. The molecule has 0 radical (unpaired) electrons. The number of rotatable bonds is 4. The van der Waals surface area contributed by atoms with Crippen molar-refractivity contribution in [1.29, 1.82) is 0 Å². The van der Waals surface area contributed by atoms with Gasteiger partial charge in [-0.2, -0.15) is 0 Å². The summed E-state index contributed by atoms with van der Waals surface area (Å²) in [4.78, 5) is 36.5. The zero-order valence-electron chi connectivity index (χ0n) is 17.2. The van der Waals surface area contributed by atoms with Crippen LogP contribution in [0.15, 0.2) is 23.8 Å². The van der Waals surface area contributed by atoms with Gasteiger partial charge in [-0.05, 0) is 11.4 Å². The average molecular weight is 442 g/mol. The summed E-state index contributed by atoms with van der Waals surface area (Å²) >= 11 is 1.58. The highest BCUT2D eigenvalue weighted by molar-refractivity contribution is 7.17. The van der Waals surface area contributed by atoms with E-state index < -0.39 is 5.97 Å². The van der Waals surface area contributed by atoms with Crippen molar-refractivity contribution in [2.24, 2.45) is 0 Å². The van der Waals surface area contributed by atoms with Crippen LogP contribution >= 0.6 is 11.3 Å². The number of ether oxygens (including phenoxy) is 2. The molecule has 0 unspecified atom stereocenters. The Bertz CT molecular complexity index is 1080. The largest absolute Gasteiger partial charge is 0.463 e. The number of aromatic nitrogens is 4. The van der Waals surface area contributed by atoms with E-state index in [1.165, 1.54) is 7.11 Å². The van der Waals surface area contributed by atoms with Crippen molar-refractivity contribution < 1.29 is 14.3 Å². The molecule has 0 bridgehead atoms. The van der Waals surface area contributed by atoms with Crippen LogP contribution < -0.4 is 14.7 Å². The Kier molecular flexibility index (Phi) is 5.51. The van der Waals surface area contributed by atoms with E-state index in [1.807, 2.05) is 11.4 Å². The Morgan fingerprint density at radius 1 is 1.00 bits per heavy atom. The first-order chi connectivity index (χ1) is 15.2. The highest BCUT2D eigenvalue weighted by atomic mass is 32.1. The molecule has 5 rings (SSSR count). The van der Waals surface area contributed by atoms with E-state index in [9.17, 15) is 4.79 Å². The first kappa shape index (κ1) is 19.9. The number of morpholine rings is 1. The summed E-state index contributed by atoms with van der Waals surface area (Å²) in [6.45, 7) is 6.26. The van der Waals surface area contributed by atoms with Gasteiger partial charge in [-0.15, -0.1) is 11.3 Å². The Labute approximate surface area is 183 Å². The normalized spacial score (nSPS) is 17.3. The lowest BCUT2D eigenvalue weighted by molar-refractivity contribution is 0.0587. The number of piperazine rings is 1. The van der Waals surface area contributed by atoms with Gasteiger partial charge >= 0.3 is 5.97 Å². The monoisotopic (exact) mass is 441 g/mol. The van der Waals surface area contributed by atoms with Crippen LogP contribution in [0.1, 0.15) is 10.6 Å².